The zero-order valence-electron chi connectivity index (χ0n) is 12.4. The third kappa shape index (κ3) is 4.90. The van der Waals surface area contributed by atoms with E-state index < -0.39 is 0 Å². The largest absolute Gasteiger partial charge is 0.395 e. The SMILES string of the molecule is CNC(CCN(CCO)C(C)C)c1cccc(Cl)c1Cl. The van der Waals surface area contributed by atoms with Crippen LogP contribution in [-0.2, 0) is 0 Å². The van der Waals surface area contributed by atoms with E-state index in [0.717, 1.165) is 18.5 Å². The predicted octanol–water partition coefficient (Wildman–Crippen LogP) is 3.35. The molecule has 1 unspecified atom stereocenters. The smallest absolute Gasteiger partial charge is 0.0640 e. The first-order valence-electron chi connectivity index (χ1n) is 6.97. The summed E-state index contributed by atoms with van der Waals surface area (Å²) in [5, 5.41) is 13.6. The standard InChI is InChI=1S/C15H24Cl2N2O/c1-11(2)19(9-10-20)8-7-14(18-3)12-5-4-6-13(16)15(12)17/h4-6,11,14,18,20H,7-10H2,1-3H3. The fourth-order valence-corrected chi connectivity index (χ4v) is 2.74. The van der Waals surface area contributed by atoms with Crippen LogP contribution in [0.3, 0.4) is 0 Å². The Morgan fingerprint density at radius 3 is 2.50 bits per heavy atom. The van der Waals surface area contributed by atoms with E-state index in [1.165, 1.54) is 0 Å². The molecule has 0 aliphatic carbocycles. The first-order valence-corrected chi connectivity index (χ1v) is 7.73. The Kier molecular flexibility index (Phi) is 7.85. The molecule has 0 spiro atoms. The van der Waals surface area contributed by atoms with Gasteiger partial charge in [0.1, 0.15) is 0 Å². The van der Waals surface area contributed by atoms with Gasteiger partial charge in [0, 0.05) is 25.2 Å². The number of hydrogen-bond donors (Lipinski definition) is 2. The molecule has 20 heavy (non-hydrogen) atoms. The molecule has 0 amide bonds. The van der Waals surface area contributed by atoms with Crippen LogP contribution in [0, 0.1) is 0 Å². The monoisotopic (exact) mass is 318 g/mol. The van der Waals surface area contributed by atoms with Gasteiger partial charge in [0.15, 0.2) is 0 Å². The molecule has 2 N–H and O–H groups in total. The van der Waals surface area contributed by atoms with Crippen LogP contribution in [0.2, 0.25) is 10.0 Å². The van der Waals surface area contributed by atoms with E-state index in [1.54, 1.807) is 6.07 Å². The summed E-state index contributed by atoms with van der Waals surface area (Å²) in [5.41, 5.74) is 1.02. The maximum atomic E-state index is 9.11. The molecular formula is C15H24Cl2N2O. The minimum Gasteiger partial charge on any atom is -0.395 e. The van der Waals surface area contributed by atoms with Crippen LogP contribution in [0.4, 0.5) is 0 Å². The van der Waals surface area contributed by atoms with Crippen molar-refractivity contribution in [2.24, 2.45) is 0 Å². The lowest BCUT2D eigenvalue weighted by Gasteiger charge is -2.28. The Morgan fingerprint density at radius 1 is 1.25 bits per heavy atom. The van der Waals surface area contributed by atoms with Crippen molar-refractivity contribution in [2.45, 2.75) is 32.4 Å². The number of halogens is 2. The molecule has 5 heteroatoms. The van der Waals surface area contributed by atoms with Crippen LogP contribution in [0.1, 0.15) is 31.9 Å². The number of hydrogen-bond acceptors (Lipinski definition) is 3. The van der Waals surface area contributed by atoms with Crippen molar-refractivity contribution in [1.82, 2.24) is 10.2 Å². The topological polar surface area (TPSA) is 35.5 Å². The molecule has 1 atom stereocenters. The van der Waals surface area contributed by atoms with Crippen LogP contribution in [0.5, 0.6) is 0 Å². The number of nitrogens with one attached hydrogen (secondary N) is 1. The highest BCUT2D eigenvalue weighted by Crippen LogP contribution is 2.31. The second-order valence-electron chi connectivity index (χ2n) is 5.13. The van der Waals surface area contributed by atoms with Crippen molar-refractivity contribution in [1.29, 1.82) is 0 Å². The molecule has 3 nitrogen and oxygen atoms in total. The van der Waals surface area contributed by atoms with Crippen molar-refractivity contribution >= 4 is 23.2 Å². The van der Waals surface area contributed by atoms with Crippen LogP contribution < -0.4 is 5.32 Å². The fraction of sp³-hybridized carbons (Fsp3) is 0.600. The lowest BCUT2D eigenvalue weighted by molar-refractivity contribution is 0.160. The minimum atomic E-state index is 0.154. The summed E-state index contributed by atoms with van der Waals surface area (Å²) >= 11 is 12.4. The molecule has 0 saturated carbocycles. The molecular weight excluding hydrogens is 295 g/mol. The molecule has 0 radical (unpaired) electrons. The lowest BCUT2D eigenvalue weighted by Crippen LogP contribution is -2.36. The molecule has 0 aliphatic rings. The van der Waals surface area contributed by atoms with E-state index in [-0.39, 0.29) is 12.6 Å². The normalized spacial score (nSPS) is 13.2. The van der Waals surface area contributed by atoms with Gasteiger partial charge in [-0.15, -0.1) is 0 Å². The van der Waals surface area contributed by atoms with Crippen molar-refractivity contribution < 1.29 is 5.11 Å². The Hall–Kier alpha value is -0.320. The fourth-order valence-electron chi connectivity index (χ4n) is 2.30. The zero-order valence-corrected chi connectivity index (χ0v) is 13.9. The van der Waals surface area contributed by atoms with Crippen molar-refractivity contribution in [3.05, 3.63) is 33.8 Å². The number of rotatable bonds is 8. The highest BCUT2D eigenvalue weighted by Gasteiger charge is 2.17. The van der Waals surface area contributed by atoms with E-state index in [2.05, 4.69) is 24.1 Å². The summed E-state index contributed by atoms with van der Waals surface area (Å²) < 4.78 is 0. The van der Waals surface area contributed by atoms with Gasteiger partial charge in [0.05, 0.1) is 16.7 Å². The Balaban J connectivity index is 2.74. The van der Waals surface area contributed by atoms with Gasteiger partial charge in [0.2, 0.25) is 0 Å². The molecule has 0 aromatic heterocycles. The summed E-state index contributed by atoms with van der Waals surface area (Å²) in [5.74, 6) is 0. The molecule has 114 valence electrons. The highest BCUT2D eigenvalue weighted by atomic mass is 35.5. The maximum Gasteiger partial charge on any atom is 0.0640 e. The summed E-state index contributed by atoms with van der Waals surface area (Å²) in [6.07, 6.45) is 0.911. The molecule has 0 saturated heterocycles. The summed E-state index contributed by atoms with van der Waals surface area (Å²) in [4.78, 5) is 2.25. The van der Waals surface area contributed by atoms with Gasteiger partial charge in [-0.25, -0.2) is 0 Å². The zero-order chi connectivity index (χ0) is 15.1. The first kappa shape index (κ1) is 17.7. The molecule has 0 aliphatic heterocycles. The number of nitrogens with zero attached hydrogens (tertiary/aromatic N) is 1. The minimum absolute atomic E-state index is 0.154. The quantitative estimate of drug-likeness (QED) is 0.771. The van der Waals surface area contributed by atoms with Gasteiger partial charge in [-0.1, -0.05) is 35.3 Å². The predicted molar refractivity (Wildman–Crippen MR) is 86.7 cm³/mol. The highest BCUT2D eigenvalue weighted by molar-refractivity contribution is 6.42. The van der Waals surface area contributed by atoms with Crippen molar-refractivity contribution in [3.8, 4) is 0 Å². The first-order chi connectivity index (χ1) is 9.51. The van der Waals surface area contributed by atoms with Crippen molar-refractivity contribution in [3.63, 3.8) is 0 Å². The Morgan fingerprint density at radius 2 is 1.95 bits per heavy atom. The molecule has 1 rings (SSSR count). The molecule has 0 bridgehead atoms. The Bertz CT molecular complexity index is 413. The maximum absolute atomic E-state index is 9.11. The second kappa shape index (κ2) is 8.85. The summed E-state index contributed by atoms with van der Waals surface area (Å²) in [6.45, 7) is 6.04. The average Bonchev–Trinajstić information content (AvgIpc) is 2.42. The summed E-state index contributed by atoms with van der Waals surface area (Å²) in [6, 6.07) is 6.28. The van der Waals surface area contributed by atoms with Crippen LogP contribution in [0.15, 0.2) is 18.2 Å². The molecule has 1 aromatic carbocycles. The third-order valence-corrected chi connectivity index (χ3v) is 4.36. The van der Waals surface area contributed by atoms with Gasteiger partial charge in [0.25, 0.3) is 0 Å². The van der Waals surface area contributed by atoms with Gasteiger partial charge < -0.3 is 10.4 Å². The van der Waals surface area contributed by atoms with E-state index in [1.807, 2.05) is 19.2 Å². The number of benzene rings is 1. The van der Waals surface area contributed by atoms with Gasteiger partial charge in [-0.3, -0.25) is 4.90 Å². The van der Waals surface area contributed by atoms with Crippen LogP contribution >= 0.6 is 23.2 Å². The number of aliphatic hydroxyl groups excluding tert-OH is 1. The molecule has 0 heterocycles. The van der Waals surface area contributed by atoms with Crippen molar-refractivity contribution in [2.75, 3.05) is 26.7 Å². The van der Waals surface area contributed by atoms with Gasteiger partial charge >= 0.3 is 0 Å². The van der Waals surface area contributed by atoms with E-state index in [0.29, 0.717) is 22.6 Å². The average molecular weight is 319 g/mol. The van der Waals surface area contributed by atoms with Crippen LogP contribution in [-0.4, -0.2) is 42.8 Å². The van der Waals surface area contributed by atoms with E-state index >= 15 is 0 Å². The summed E-state index contributed by atoms with van der Waals surface area (Å²) in [7, 11) is 1.92. The van der Waals surface area contributed by atoms with Gasteiger partial charge in [-0.05, 0) is 38.9 Å². The van der Waals surface area contributed by atoms with Crippen LogP contribution in [0.25, 0.3) is 0 Å². The molecule has 0 fully saturated rings. The number of aliphatic hydroxyl groups is 1. The van der Waals surface area contributed by atoms with E-state index in [9.17, 15) is 0 Å². The van der Waals surface area contributed by atoms with Gasteiger partial charge in [-0.2, -0.15) is 0 Å². The lowest BCUT2D eigenvalue weighted by atomic mass is 10.0. The van der Waals surface area contributed by atoms with E-state index in [4.69, 9.17) is 28.3 Å². The molecule has 1 aromatic rings. The second-order valence-corrected chi connectivity index (χ2v) is 5.91. The third-order valence-electron chi connectivity index (χ3n) is 3.53. The Labute approximate surface area is 131 Å².